The molecule has 5 nitrogen and oxygen atoms in total. The highest BCUT2D eigenvalue weighted by molar-refractivity contribution is 6.31. The van der Waals surface area contributed by atoms with E-state index in [0.29, 0.717) is 22.2 Å². The molecular formula is C13H14ClN3O2. The molecule has 0 aliphatic carbocycles. The summed E-state index contributed by atoms with van der Waals surface area (Å²) in [6, 6.07) is 4.97. The number of aromatic nitrogens is 3. The molecule has 0 radical (unpaired) electrons. The second kappa shape index (κ2) is 5.40. The van der Waals surface area contributed by atoms with Crippen molar-refractivity contribution >= 4 is 17.4 Å². The van der Waals surface area contributed by atoms with Gasteiger partial charge in [0, 0.05) is 12.1 Å². The van der Waals surface area contributed by atoms with Crippen LogP contribution in [0.3, 0.4) is 0 Å². The summed E-state index contributed by atoms with van der Waals surface area (Å²) >= 11 is 5.87. The number of benzene rings is 1. The van der Waals surface area contributed by atoms with E-state index in [1.54, 1.807) is 18.2 Å². The van der Waals surface area contributed by atoms with E-state index in [2.05, 4.69) is 10.2 Å². The minimum atomic E-state index is -0.0911. The van der Waals surface area contributed by atoms with Crippen molar-refractivity contribution in [3.63, 3.8) is 0 Å². The molecule has 19 heavy (non-hydrogen) atoms. The molecule has 1 aromatic carbocycles. The summed E-state index contributed by atoms with van der Waals surface area (Å²) in [5.74, 6) is 1.91. The van der Waals surface area contributed by atoms with Crippen molar-refractivity contribution in [2.75, 3.05) is 0 Å². The number of ketones is 1. The van der Waals surface area contributed by atoms with Gasteiger partial charge in [-0.3, -0.25) is 4.79 Å². The first-order valence-electron chi connectivity index (χ1n) is 5.77. The van der Waals surface area contributed by atoms with Gasteiger partial charge < -0.3 is 9.30 Å². The Morgan fingerprint density at radius 1 is 1.42 bits per heavy atom. The fourth-order valence-corrected chi connectivity index (χ4v) is 1.79. The van der Waals surface area contributed by atoms with E-state index in [9.17, 15) is 4.79 Å². The Morgan fingerprint density at radius 2 is 2.16 bits per heavy atom. The SMILES string of the molecule is CC(=O)c1cc(Cl)ccc1OCc1nnc(C)n1C. The molecule has 2 aromatic rings. The van der Waals surface area contributed by atoms with Crippen molar-refractivity contribution in [3.05, 3.63) is 40.4 Å². The van der Waals surface area contributed by atoms with Crippen LogP contribution in [0, 0.1) is 6.92 Å². The molecule has 0 atom stereocenters. The maximum Gasteiger partial charge on any atom is 0.170 e. The van der Waals surface area contributed by atoms with Crippen LogP contribution in [0.4, 0.5) is 0 Å². The van der Waals surface area contributed by atoms with Gasteiger partial charge in [0.25, 0.3) is 0 Å². The number of nitrogens with zero attached hydrogens (tertiary/aromatic N) is 3. The van der Waals surface area contributed by atoms with E-state index >= 15 is 0 Å². The predicted octanol–water partition coefficient (Wildman–Crippen LogP) is 2.56. The van der Waals surface area contributed by atoms with Gasteiger partial charge in [-0.15, -0.1) is 10.2 Å². The maximum absolute atomic E-state index is 11.5. The molecule has 2 rings (SSSR count). The van der Waals surface area contributed by atoms with E-state index in [1.807, 2.05) is 18.5 Å². The Hall–Kier alpha value is -1.88. The topological polar surface area (TPSA) is 57.0 Å². The van der Waals surface area contributed by atoms with Gasteiger partial charge >= 0.3 is 0 Å². The zero-order valence-electron chi connectivity index (χ0n) is 11.0. The van der Waals surface area contributed by atoms with Crippen molar-refractivity contribution in [2.45, 2.75) is 20.5 Å². The highest BCUT2D eigenvalue weighted by Crippen LogP contribution is 2.24. The van der Waals surface area contributed by atoms with Gasteiger partial charge in [-0.2, -0.15) is 0 Å². The lowest BCUT2D eigenvalue weighted by Crippen LogP contribution is -2.06. The zero-order chi connectivity index (χ0) is 14.0. The standard InChI is InChI=1S/C13H14ClN3O2/c1-8(18)11-6-10(14)4-5-12(11)19-7-13-16-15-9(2)17(13)3/h4-6H,7H2,1-3H3. The third-order valence-electron chi connectivity index (χ3n) is 2.86. The Labute approximate surface area is 116 Å². The van der Waals surface area contributed by atoms with Crippen molar-refractivity contribution in [2.24, 2.45) is 7.05 Å². The van der Waals surface area contributed by atoms with Gasteiger partial charge in [0.15, 0.2) is 11.6 Å². The predicted molar refractivity (Wildman–Crippen MR) is 71.5 cm³/mol. The fraction of sp³-hybridized carbons (Fsp3) is 0.308. The lowest BCUT2D eigenvalue weighted by molar-refractivity contribution is 0.101. The van der Waals surface area contributed by atoms with Crippen molar-refractivity contribution in [1.82, 2.24) is 14.8 Å². The quantitative estimate of drug-likeness (QED) is 0.807. The lowest BCUT2D eigenvalue weighted by Gasteiger charge is -2.09. The van der Waals surface area contributed by atoms with Crippen LogP contribution < -0.4 is 4.74 Å². The monoisotopic (exact) mass is 279 g/mol. The minimum absolute atomic E-state index is 0.0911. The number of aryl methyl sites for hydroxylation is 1. The van der Waals surface area contributed by atoms with E-state index < -0.39 is 0 Å². The second-order valence-electron chi connectivity index (χ2n) is 4.21. The Morgan fingerprint density at radius 3 is 2.74 bits per heavy atom. The molecule has 6 heteroatoms. The third kappa shape index (κ3) is 2.93. The normalized spacial score (nSPS) is 10.5. The van der Waals surface area contributed by atoms with Crippen molar-refractivity contribution in [1.29, 1.82) is 0 Å². The van der Waals surface area contributed by atoms with E-state index in [0.717, 1.165) is 5.82 Å². The summed E-state index contributed by atoms with van der Waals surface area (Å²) in [6.07, 6.45) is 0. The summed E-state index contributed by atoms with van der Waals surface area (Å²) in [4.78, 5) is 11.5. The number of hydrogen-bond donors (Lipinski definition) is 0. The van der Waals surface area contributed by atoms with Crippen LogP contribution in [0.1, 0.15) is 28.9 Å². The van der Waals surface area contributed by atoms with Crippen LogP contribution >= 0.6 is 11.6 Å². The molecular weight excluding hydrogens is 266 g/mol. The average molecular weight is 280 g/mol. The molecule has 0 N–H and O–H groups in total. The zero-order valence-corrected chi connectivity index (χ0v) is 11.7. The molecule has 100 valence electrons. The highest BCUT2D eigenvalue weighted by atomic mass is 35.5. The molecule has 0 aliphatic heterocycles. The Kier molecular flexibility index (Phi) is 3.85. The molecule has 0 unspecified atom stereocenters. The van der Waals surface area contributed by atoms with Crippen LogP contribution in [0.15, 0.2) is 18.2 Å². The number of hydrogen-bond acceptors (Lipinski definition) is 4. The number of Topliss-reactive ketones (excluding diaryl/α,β-unsaturated/α-hetero) is 1. The first-order chi connectivity index (χ1) is 8.99. The number of halogens is 1. The van der Waals surface area contributed by atoms with E-state index in [-0.39, 0.29) is 12.4 Å². The number of ether oxygens (including phenoxy) is 1. The lowest BCUT2D eigenvalue weighted by atomic mass is 10.1. The molecule has 0 aliphatic rings. The highest BCUT2D eigenvalue weighted by Gasteiger charge is 2.11. The molecule has 0 bridgehead atoms. The van der Waals surface area contributed by atoms with Gasteiger partial charge in [0.05, 0.1) is 5.56 Å². The fourth-order valence-electron chi connectivity index (χ4n) is 1.62. The van der Waals surface area contributed by atoms with Crippen LogP contribution in [0.25, 0.3) is 0 Å². The molecule has 0 saturated heterocycles. The average Bonchev–Trinajstić information content (AvgIpc) is 2.68. The third-order valence-corrected chi connectivity index (χ3v) is 3.10. The van der Waals surface area contributed by atoms with Crippen molar-refractivity contribution < 1.29 is 9.53 Å². The van der Waals surface area contributed by atoms with E-state index in [4.69, 9.17) is 16.3 Å². The second-order valence-corrected chi connectivity index (χ2v) is 4.64. The Balaban J connectivity index is 2.20. The smallest absolute Gasteiger partial charge is 0.170 e. The Bertz CT molecular complexity index is 622. The van der Waals surface area contributed by atoms with E-state index in [1.165, 1.54) is 6.92 Å². The minimum Gasteiger partial charge on any atom is -0.485 e. The summed E-state index contributed by atoms with van der Waals surface area (Å²) in [7, 11) is 1.86. The molecule has 0 spiro atoms. The number of carbonyl (C=O) groups is 1. The first-order valence-corrected chi connectivity index (χ1v) is 6.15. The maximum atomic E-state index is 11.5. The summed E-state index contributed by atoms with van der Waals surface area (Å²) in [5.41, 5.74) is 0.464. The van der Waals surface area contributed by atoms with Gasteiger partial charge in [-0.25, -0.2) is 0 Å². The van der Waals surface area contributed by atoms with Gasteiger partial charge in [-0.05, 0) is 32.0 Å². The largest absolute Gasteiger partial charge is 0.485 e. The molecule has 0 fully saturated rings. The van der Waals surface area contributed by atoms with Crippen molar-refractivity contribution in [3.8, 4) is 5.75 Å². The van der Waals surface area contributed by atoms with Crippen LogP contribution in [-0.2, 0) is 13.7 Å². The summed E-state index contributed by atoms with van der Waals surface area (Å²) in [5, 5.41) is 8.45. The number of rotatable bonds is 4. The molecule has 0 saturated carbocycles. The molecule has 1 heterocycles. The van der Waals surface area contributed by atoms with Gasteiger partial charge in [0.1, 0.15) is 18.2 Å². The first kappa shape index (κ1) is 13.5. The van der Waals surface area contributed by atoms with Gasteiger partial charge in [-0.1, -0.05) is 11.6 Å². The summed E-state index contributed by atoms with van der Waals surface area (Å²) in [6.45, 7) is 3.59. The van der Waals surface area contributed by atoms with Gasteiger partial charge in [0.2, 0.25) is 0 Å². The van der Waals surface area contributed by atoms with Crippen LogP contribution in [0.5, 0.6) is 5.75 Å². The molecule has 0 amide bonds. The summed E-state index contributed by atoms with van der Waals surface area (Å²) < 4.78 is 7.47. The molecule has 1 aromatic heterocycles. The van der Waals surface area contributed by atoms with Crippen LogP contribution in [-0.4, -0.2) is 20.5 Å². The van der Waals surface area contributed by atoms with Crippen LogP contribution in [0.2, 0.25) is 5.02 Å². The number of carbonyl (C=O) groups excluding carboxylic acids is 1.